The Balaban J connectivity index is 1.81. The molecule has 2 aromatic rings. The predicted molar refractivity (Wildman–Crippen MR) is 63.5 cm³/mol. The van der Waals surface area contributed by atoms with Gasteiger partial charge in [-0.1, -0.05) is 0 Å². The molecule has 1 aromatic carbocycles. The molecule has 0 aliphatic heterocycles. The molecule has 0 N–H and O–H groups in total. The van der Waals surface area contributed by atoms with Crippen LogP contribution in [0.1, 0.15) is 30.2 Å². The Morgan fingerprint density at radius 1 is 1.29 bits per heavy atom. The van der Waals surface area contributed by atoms with E-state index < -0.39 is 0 Å². The fourth-order valence-corrected chi connectivity index (χ4v) is 3.25. The van der Waals surface area contributed by atoms with Crippen molar-refractivity contribution in [1.82, 2.24) is 4.98 Å². The van der Waals surface area contributed by atoms with Gasteiger partial charge in [-0.05, 0) is 0 Å². The first-order valence-electron chi connectivity index (χ1n) is 5.85. The first-order valence-corrected chi connectivity index (χ1v) is 9.53. The summed E-state index contributed by atoms with van der Waals surface area (Å²) >= 11 is 0.333. The van der Waals surface area contributed by atoms with Crippen molar-refractivity contribution in [3.8, 4) is 11.3 Å². The fourth-order valence-electron chi connectivity index (χ4n) is 1.86. The van der Waals surface area contributed by atoms with Crippen LogP contribution in [0.15, 0.2) is 34.9 Å². The van der Waals surface area contributed by atoms with Gasteiger partial charge in [-0.3, -0.25) is 0 Å². The molecule has 0 bridgehead atoms. The molecule has 1 aromatic heterocycles. The zero-order valence-corrected chi connectivity index (χ0v) is 12.0. The molecule has 2 nitrogen and oxygen atoms in total. The molecular weight excluding hydrogens is 325 g/mol. The zero-order valence-electron chi connectivity index (χ0n) is 9.82. The molecule has 1 saturated carbocycles. The summed E-state index contributed by atoms with van der Waals surface area (Å²) in [5.41, 5.74) is 3.58. The number of oxazole rings is 1. The number of rotatable bonds is 4. The summed E-state index contributed by atoms with van der Waals surface area (Å²) in [6, 6.07) is 8.74. The van der Waals surface area contributed by atoms with Crippen LogP contribution in [-0.2, 0) is 4.43 Å². The van der Waals surface area contributed by atoms with Crippen molar-refractivity contribution >= 4 is 0 Å². The van der Waals surface area contributed by atoms with Crippen LogP contribution >= 0.6 is 0 Å². The molecule has 1 aliphatic rings. The molecule has 3 rings (SSSR count). The van der Waals surface area contributed by atoms with Crippen LogP contribution in [0, 0.1) is 0 Å². The number of benzene rings is 1. The van der Waals surface area contributed by atoms with Crippen LogP contribution in [0.5, 0.6) is 0 Å². The maximum absolute atomic E-state index is 5.52. The molecule has 0 saturated heterocycles. The Bertz CT molecular complexity index is 499. The van der Waals surface area contributed by atoms with Crippen LogP contribution in [0.4, 0.5) is 0 Å². The van der Waals surface area contributed by atoms with Crippen molar-refractivity contribution in [3.05, 3.63) is 42.0 Å². The van der Waals surface area contributed by atoms with E-state index in [2.05, 4.69) is 34.2 Å². The quantitative estimate of drug-likeness (QED) is 0.596. The Labute approximate surface area is 112 Å². The number of hydrogen-bond acceptors (Lipinski definition) is 2. The molecule has 0 unspecified atom stereocenters. The molecule has 1 fully saturated rings. The molecular formula is C14H15INO-. The molecule has 1 aliphatic carbocycles. The van der Waals surface area contributed by atoms with Gasteiger partial charge in [0.2, 0.25) is 0 Å². The summed E-state index contributed by atoms with van der Waals surface area (Å²) in [5.74, 6) is 1.51. The van der Waals surface area contributed by atoms with Gasteiger partial charge in [0, 0.05) is 0 Å². The van der Waals surface area contributed by atoms with Gasteiger partial charge >= 0.3 is 112 Å². The summed E-state index contributed by atoms with van der Waals surface area (Å²) in [6.45, 7) is 0. The number of aromatic nitrogens is 1. The van der Waals surface area contributed by atoms with E-state index in [1.54, 1.807) is 6.26 Å². The minimum atomic E-state index is 0.333. The maximum atomic E-state index is 5.52. The minimum absolute atomic E-state index is 0.333. The van der Waals surface area contributed by atoms with Crippen molar-refractivity contribution in [2.45, 2.75) is 23.2 Å². The molecule has 0 spiro atoms. The third-order valence-electron chi connectivity index (χ3n) is 2.99. The average Bonchev–Trinajstić information content (AvgIpc) is 3.09. The molecule has 0 amide bonds. The van der Waals surface area contributed by atoms with Crippen molar-refractivity contribution in [2.75, 3.05) is 4.93 Å². The van der Waals surface area contributed by atoms with E-state index in [9.17, 15) is 0 Å². The Hall–Kier alpha value is -0.840. The molecule has 3 heteroatoms. The summed E-state index contributed by atoms with van der Waals surface area (Å²) in [6.07, 6.45) is 4.26. The van der Waals surface area contributed by atoms with E-state index in [0.29, 0.717) is 27.1 Å². The molecule has 0 radical (unpaired) electrons. The summed E-state index contributed by atoms with van der Waals surface area (Å²) in [5, 5.41) is 0. The second-order valence-electron chi connectivity index (χ2n) is 4.44. The first kappa shape index (κ1) is 11.3. The van der Waals surface area contributed by atoms with Crippen LogP contribution in [0.3, 0.4) is 0 Å². The van der Waals surface area contributed by atoms with Crippen LogP contribution in [0.2, 0.25) is 0 Å². The van der Waals surface area contributed by atoms with Gasteiger partial charge < -0.3 is 0 Å². The normalized spacial score (nSPS) is 15.4. The Morgan fingerprint density at radius 3 is 2.71 bits per heavy atom. The van der Waals surface area contributed by atoms with E-state index in [1.165, 1.54) is 28.4 Å². The standard InChI is InChI=1S/C14H15INO/c1-15-8-10-2-4-11(5-3-10)13-9-17-14(16-13)12-6-7-12/h2-5,9,12H,6-8H2,1H3/q-1. The third kappa shape index (κ3) is 2.54. The number of hydrogen-bond donors (Lipinski definition) is 0. The third-order valence-corrected chi connectivity index (χ3v) is 4.63. The van der Waals surface area contributed by atoms with Gasteiger partial charge in [0.05, 0.1) is 0 Å². The predicted octanol–water partition coefficient (Wildman–Crippen LogP) is 0.438. The fraction of sp³-hybridized carbons (Fsp3) is 0.357. The molecule has 0 atom stereocenters. The Kier molecular flexibility index (Phi) is 3.18. The van der Waals surface area contributed by atoms with E-state index in [0.717, 1.165) is 11.6 Å². The number of nitrogens with zero attached hydrogens (tertiary/aromatic N) is 1. The van der Waals surface area contributed by atoms with Crippen LogP contribution < -0.4 is 21.2 Å². The van der Waals surface area contributed by atoms with Gasteiger partial charge in [-0.15, -0.1) is 0 Å². The monoisotopic (exact) mass is 340 g/mol. The first-order chi connectivity index (χ1) is 8.36. The van der Waals surface area contributed by atoms with Crippen molar-refractivity contribution in [1.29, 1.82) is 0 Å². The number of halogens is 1. The van der Waals surface area contributed by atoms with E-state index in [-0.39, 0.29) is 0 Å². The van der Waals surface area contributed by atoms with Crippen molar-refractivity contribution in [2.24, 2.45) is 0 Å². The second-order valence-corrected chi connectivity index (χ2v) is 6.73. The summed E-state index contributed by atoms with van der Waals surface area (Å²) in [4.78, 5) is 6.87. The molecule has 17 heavy (non-hydrogen) atoms. The molecule has 90 valence electrons. The van der Waals surface area contributed by atoms with Gasteiger partial charge in [-0.2, -0.15) is 0 Å². The van der Waals surface area contributed by atoms with Gasteiger partial charge in [-0.25, -0.2) is 0 Å². The van der Waals surface area contributed by atoms with Crippen LogP contribution in [-0.4, -0.2) is 9.91 Å². The second kappa shape index (κ2) is 4.80. The van der Waals surface area contributed by atoms with Crippen molar-refractivity contribution < 1.29 is 25.6 Å². The van der Waals surface area contributed by atoms with E-state index in [1.807, 2.05) is 0 Å². The van der Waals surface area contributed by atoms with Gasteiger partial charge in [0.15, 0.2) is 0 Å². The zero-order chi connectivity index (χ0) is 11.7. The average molecular weight is 340 g/mol. The molecule has 1 heterocycles. The summed E-state index contributed by atoms with van der Waals surface area (Å²) < 4.78 is 6.77. The SMILES string of the molecule is C[I-]Cc1ccc(-c2coc(C3CC3)n2)cc1. The topological polar surface area (TPSA) is 26.0 Å². The number of alkyl halides is 2. The van der Waals surface area contributed by atoms with Crippen LogP contribution in [0.25, 0.3) is 11.3 Å². The van der Waals surface area contributed by atoms with E-state index in [4.69, 9.17) is 4.42 Å². The van der Waals surface area contributed by atoms with E-state index >= 15 is 0 Å². The van der Waals surface area contributed by atoms with Crippen molar-refractivity contribution in [3.63, 3.8) is 0 Å². The van der Waals surface area contributed by atoms with Gasteiger partial charge in [0.1, 0.15) is 0 Å². The Morgan fingerprint density at radius 2 is 2.06 bits per heavy atom. The summed E-state index contributed by atoms with van der Waals surface area (Å²) in [7, 11) is 0. The van der Waals surface area contributed by atoms with Gasteiger partial charge in [0.25, 0.3) is 0 Å².